The maximum absolute atomic E-state index is 5.49. The van der Waals surface area contributed by atoms with Crippen LogP contribution in [0.4, 0.5) is 5.82 Å². The van der Waals surface area contributed by atoms with Gasteiger partial charge in [-0.2, -0.15) is 0 Å². The Morgan fingerprint density at radius 2 is 2.12 bits per heavy atom. The first kappa shape index (κ1) is 14.3. The summed E-state index contributed by atoms with van der Waals surface area (Å²) in [5, 5.41) is 3.41. The lowest BCUT2D eigenvalue weighted by atomic mass is 10.1. The predicted molar refractivity (Wildman–Crippen MR) is 91.0 cm³/mol. The lowest BCUT2D eigenvalue weighted by Crippen LogP contribution is -2.03. The number of para-hydroxylation sites is 1. The van der Waals surface area contributed by atoms with E-state index in [9.17, 15) is 0 Å². The predicted octanol–water partition coefficient (Wildman–Crippen LogP) is 3.61. The molecule has 0 aliphatic rings. The molecule has 6 heteroatoms. The number of nitrogens with one attached hydrogen (secondary N) is 1. The molecule has 0 saturated heterocycles. The van der Waals surface area contributed by atoms with Crippen molar-refractivity contribution in [1.82, 2.24) is 14.4 Å². The molecule has 3 aromatic heterocycles. The van der Waals surface area contributed by atoms with Crippen LogP contribution in [0.1, 0.15) is 5.76 Å². The molecule has 0 saturated carbocycles. The van der Waals surface area contributed by atoms with Gasteiger partial charge in [0.15, 0.2) is 5.65 Å². The third-order valence-corrected chi connectivity index (χ3v) is 3.80. The van der Waals surface area contributed by atoms with E-state index in [1.165, 1.54) is 0 Å². The van der Waals surface area contributed by atoms with Gasteiger partial charge in [0.1, 0.15) is 23.0 Å². The number of furan rings is 1. The number of aromatic nitrogens is 3. The van der Waals surface area contributed by atoms with Crippen molar-refractivity contribution < 1.29 is 9.15 Å². The van der Waals surface area contributed by atoms with Crippen LogP contribution in [0, 0.1) is 0 Å². The average molecular weight is 320 g/mol. The number of imidazole rings is 1. The normalized spacial score (nSPS) is 10.9. The molecule has 120 valence electrons. The second kappa shape index (κ2) is 6.08. The molecule has 24 heavy (non-hydrogen) atoms. The summed E-state index contributed by atoms with van der Waals surface area (Å²) in [5.41, 5.74) is 2.50. The van der Waals surface area contributed by atoms with E-state index >= 15 is 0 Å². The highest BCUT2D eigenvalue weighted by Gasteiger charge is 2.17. The Kier molecular flexibility index (Phi) is 3.63. The number of hydrogen-bond acceptors (Lipinski definition) is 5. The molecule has 0 radical (unpaired) electrons. The lowest BCUT2D eigenvalue weighted by Gasteiger charge is -2.10. The fourth-order valence-corrected chi connectivity index (χ4v) is 2.69. The number of fused-ring (bicyclic) bond motifs is 1. The number of methoxy groups -OCH3 is 1. The molecule has 1 N–H and O–H groups in total. The van der Waals surface area contributed by atoms with Crippen LogP contribution in [0.5, 0.6) is 5.75 Å². The molecule has 1 aromatic carbocycles. The average Bonchev–Trinajstić information content (AvgIpc) is 3.27. The van der Waals surface area contributed by atoms with Crippen LogP contribution in [-0.4, -0.2) is 21.5 Å². The van der Waals surface area contributed by atoms with Crippen molar-refractivity contribution in [2.45, 2.75) is 6.54 Å². The van der Waals surface area contributed by atoms with E-state index < -0.39 is 0 Å². The van der Waals surface area contributed by atoms with Crippen molar-refractivity contribution in [2.75, 3.05) is 12.4 Å². The van der Waals surface area contributed by atoms with Gasteiger partial charge in [-0.15, -0.1) is 0 Å². The Labute approximate surface area is 138 Å². The Bertz CT molecular complexity index is 960. The minimum Gasteiger partial charge on any atom is -0.496 e. The minimum absolute atomic E-state index is 0.561. The summed E-state index contributed by atoms with van der Waals surface area (Å²) in [7, 11) is 1.66. The SMILES string of the molecule is COc1ccccc1-c1nc2cnccn2c1NCc1ccco1. The molecule has 4 rings (SSSR count). The van der Waals surface area contributed by atoms with Crippen LogP contribution in [0.3, 0.4) is 0 Å². The molecular formula is C18H16N4O2. The summed E-state index contributed by atoms with van der Waals surface area (Å²) in [6.45, 7) is 0.561. The van der Waals surface area contributed by atoms with E-state index in [1.807, 2.05) is 47.0 Å². The maximum atomic E-state index is 5.49. The largest absolute Gasteiger partial charge is 0.496 e. The molecule has 4 aromatic rings. The number of rotatable bonds is 5. The number of nitrogens with zero attached hydrogens (tertiary/aromatic N) is 3. The van der Waals surface area contributed by atoms with Gasteiger partial charge in [0.2, 0.25) is 0 Å². The van der Waals surface area contributed by atoms with Crippen LogP contribution in [0.15, 0.2) is 65.7 Å². The monoisotopic (exact) mass is 320 g/mol. The van der Waals surface area contributed by atoms with Crippen LogP contribution in [0.2, 0.25) is 0 Å². The van der Waals surface area contributed by atoms with E-state index in [0.717, 1.165) is 34.2 Å². The number of ether oxygens (including phenoxy) is 1. The van der Waals surface area contributed by atoms with Crippen molar-refractivity contribution in [1.29, 1.82) is 0 Å². The van der Waals surface area contributed by atoms with Crippen LogP contribution >= 0.6 is 0 Å². The third-order valence-electron chi connectivity index (χ3n) is 3.80. The van der Waals surface area contributed by atoms with Crippen molar-refractivity contribution in [3.05, 3.63) is 67.0 Å². The standard InChI is InChI=1S/C18H16N4O2/c1-23-15-7-3-2-6-14(15)17-18(20-11-13-5-4-10-24-13)22-9-8-19-12-16(22)21-17/h2-10,12,20H,11H2,1H3. The van der Waals surface area contributed by atoms with Gasteiger partial charge in [0.05, 0.1) is 26.1 Å². The summed E-state index contributed by atoms with van der Waals surface area (Å²) < 4.78 is 12.9. The highest BCUT2D eigenvalue weighted by molar-refractivity contribution is 5.80. The molecule has 6 nitrogen and oxygen atoms in total. The van der Waals surface area contributed by atoms with Gasteiger partial charge in [-0.1, -0.05) is 12.1 Å². The van der Waals surface area contributed by atoms with Gasteiger partial charge in [-0.3, -0.25) is 9.38 Å². The Morgan fingerprint density at radius 1 is 1.21 bits per heavy atom. The van der Waals surface area contributed by atoms with E-state index in [4.69, 9.17) is 14.1 Å². The lowest BCUT2D eigenvalue weighted by molar-refractivity contribution is 0.416. The maximum Gasteiger partial charge on any atom is 0.157 e. The van der Waals surface area contributed by atoms with Crippen LogP contribution < -0.4 is 10.1 Å². The van der Waals surface area contributed by atoms with Gasteiger partial charge >= 0.3 is 0 Å². The highest BCUT2D eigenvalue weighted by Crippen LogP contribution is 2.35. The second-order valence-electron chi connectivity index (χ2n) is 5.25. The number of anilines is 1. The molecule has 0 aliphatic carbocycles. The van der Waals surface area contributed by atoms with Gasteiger partial charge in [-0.05, 0) is 24.3 Å². The van der Waals surface area contributed by atoms with Gasteiger partial charge in [0.25, 0.3) is 0 Å². The molecule has 0 bridgehead atoms. The van der Waals surface area contributed by atoms with Gasteiger partial charge in [0, 0.05) is 18.0 Å². The van der Waals surface area contributed by atoms with E-state index in [2.05, 4.69) is 10.3 Å². The Hall–Kier alpha value is -3.28. The summed E-state index contributed by atoms with van der Waals surface area (Å²) >= 11 is 0. The quantitative estimate of drug-likeness (QED) is 0.608. The number of hydrogen-bond donors (Lipinski definition) is 1. The number of benzene rings is 1. The fraction of sp³-hybridized carbons (Fsp3) is 0.111. The first-order valence-corrected chi connectivity index (χ1v) is 7.58. The molecule has 0 spiro atoms. The first-order valence-electron chi connectivity index (χ1n) is 7.58. The van der Waals surface area contributed by atoms with Crippen LogP contribution in [-0.2, 0) is 6.54 Å². The fourth-order valence-electron chi connectivity index (χ4n) is 2.69. The Morgan fingerprint density at radius 3 is 2.96 bits per heavy atom. The molecule has 0 fully saturated rings. The molecule has 3 heterocycles. The van der Waals surface area contributed by atoms with E-state index in [1.54, 1.807) is 25.8 Å². The second-order valence-corrected chi connectivity index (χ2v) is 5.25. The zero-order chi connectivity index (χ0) is 16.4. The van der Waals surface area contributed by atoms with Crippen molar-refractivity contribution in [3.8, 4) is 17.0 Å². The summed E-state index contributed by atoms with van der Waals surface area (Å²) in [6.07, 6.45) is 7.01. The van der Waals surface area contributed by atoms with Gasteiger partial charge in [-0.25, -0.2) is 4.98 Å². The topological polar surface area (TPSA) is 64.6 Å². The first-order chi connectivity index (χ1) is 11.9. The molecular weight excluding hydrogens is 304 g/mol. The zero-order valence-corrected chi connectivity index (χ0v) is 13.1. The smallest absolute Gasteiger partial charge is 0.157 e. The Balaban J connectivity index is 1.83. The van der Waals surface area contributed by atoms with Crippen molar-refractivity contribution in [3.63, 3.8) is 0 Å². The summed E-state index contributed by atoms with van der Waals surface area (Å²) in [4.78, 5) is 8.87. The highest BCUT2D eigenvalue weighted by atomic mass is 16.5. The van der Waals surface area contributed by atoms with Crippen molar-refractivity contribution >= 4 is 11.5 Å². The molecule has 0 atom stereocenters. The summed E-state index contributed by atoms with van der Waals surface area (Å²) in [6, 6.07) is 11.6. The minimum atomic E-state index is 0.561. The molecule has 0 aliphatic heterocycles. The van der Waals surface area contributed by atoms with E-state index in [0.29, 0.717) is 6.54 Å². The van der Waals surface area contributed by atoms with E-state index in [-0.39, 0.29) is 0 Å². The van der Waals surface area contributed by atoms with Crippen molar-refractivity contribution in [2.24, 2.45) is 0 Å². The molecule has 0 amide bonds. The third kappa shape index (κ3) is 2.48. The van der Waals surface area contributed by atoms with Crippen LogP contribution in [0.25, 0.3) is 16.9 Å². The molecule has 0 unspecified atom stereocenters. The summed E-state index contributed by atoms with van der Waals surface area (Å²) in [5.74, 6) is 2.49. The zero-order valence-electron chi connectivity index (χ0n) is 13.1. The van der Waals surface area contributed by atoms with Gasteiger partial charge < -0.3 is 14.5 Å².